The number of rotatable bonds is 9. The number of hydroxylamine groups is 2. The lowest BCUT2D eigenvalue weighted by Gasteiger charge is -2.43. The molecule has 0 atom stereocenters. The van der Waals surface area contributed by atoms with Gasteiger partial charge in [-0.1, -0.05) is 38.1 Å². The van der Waals surface area contributed by atoms with Gasteiger partial charge in [0.2, 0.25) is 5.36 Å². The summed E-state index contributed by atoms with van der Waals surface area (Å²) in [7, 11) is 2.15. The topological polar surface area (TPSA) is 107 Å². The lowest BCUT2D eigenvalue weighted by molar-refractivity contribution is -0.197. The molecule has 52 heavy (non-hydrogen) atoms. The summed E-state index contributed by atoms with van der Waals surface area (Å²) in [6.07, 6.45) is 6.86. The van der Waals surface area contributed by atoms with Crippen molar-refractivity contribution in [3.8, 4) is 0 Å². The van der Waals surface area contributed by atoms with Gasteiger partial charge in [-0.25, -0.2) is 14.2 Å². The Kier molecular flexibility index (Phi) is 8.96. The number of likely N-dealkylation sites (N-methyl/N-ethyl adjacent to an activating group) is 1. The third kappa shape index (κ3) is 6.03. The van der Waals surface area contributed by atoms with Crippen molar-refractivity contribution >= 4 is 40.6 Å². The van der Waals surface area contributed by atoms with E-state index in [1.165, 1.54) is 38.9 Å². The van der Waals surface area contributed by atoms with Gasteiger partial charge in [-0.15, -0.1) is 5.06 Å². The van der Waals surface area contributed by atoms with Crippen molar-refractivity contribution in [2.24, 2.45) is 0 Å². The largest absolute Gasteiger partial charge is 0.478 e. The molecule has 3 aromatic carbocycles. The summed E-state index contributed by atoms with van der Waals surface area (Å²) in [6, 6.07) is 16.7. The SMILES string of the molecule is CC1=CC(C)(C)N(C)c2cc3c(cc21)C(c1ccccc1C(=O)O)=c1cc2c(cc1C3(C)C)=[N+](CCCCCC(=O)ON1C(=O)CCC1=O)CCC2. The number of benzene rings is 3. The summed E-state index contributed by atoms with van der Waals surface area (Å²) in [4.78, 5) is 56.0. The maximum absolute atomic E-state index is 12.7. The Bertz CT molecular complexity index is 2200. The van der Waals surface area contributed by atoms with Crippen molar-refractivity contribution in [2.75, 3.05) is 25.0 Å². The number of imide groups is 1. The second kappa shape index (κ2) is 13.2. The average molecular weight is 703 g/mol. The summed E-state index contributed by atoms with van der Waals surface area (Å²) in [6.45, 7) is 13.0. The molecule has 0 aromatic heterocycles. The van der Waals surface area contributed by atoms with Gasteiger partial charge in [0.1, 0.15) is 13.1 Å². The molecule has 3 aliphatic heterocycles. The Labute approximate surface area is 304 Å². The number of allylic oxidation sites excluding steroid dienone is 1. The summed E-state index contributed by atoms with van der Waals surface area (Å²) in [5, 5.41) is 13.3. The highest BCUT2D eigenvalue weighted by Crippen LogP contribution is 2.47. The summed E-state index contributed by atoms with van der Waals surface area (Å²) >= 11 is 0. The molecular formula is C43H48N3O6+. The van der Waals surface area contributed by atoms with Crippen LogP contribution in [0.4, 0.5) is 5.69 Å². The van der Waals surface area contributed by atoms with E-state index in [1.54, 1.807) is 12.1 Å². The number of carboxylic acid groups (broad SMARTS) is 1. The number of fused-ring (bicyclic) bond motifs is 4. The molecule has 9 heteroatoms. The van der Waals surface area contributed by atoms with Crippen LogP contribution in [0.15, 0.2) is 54.6 Å². The predicted octanol–water partition coefficient (Wildman–Crippen LogP) is 5.51. The first kappa shape index (κ1) is 35.4. The molecule has 9 nitrogen and oxygen atoms in total. The van der Waals surface area contributed by atoms with Gasteiger partial charge in [0, 0.05) is 67.4 Å². The Morgan fingerprint density at radius 1 is 0.885 bits per heavy atom. The molecule has 0 bridgehead atoms. The van der Waals surface area contributed by atoms with Crippen molar-refractivity contribution in [3.05, 3.63) is 104 Å². The molecule has 0 saturated carbocycles. The maximum Gasteiger partial charge on any atom is 0.336 e. The third-order valence-corrected chi connectivity index (χ3v) is 11.6. The number of carbonyl (C=O) groups is 4. The number of aryl methyl sites for hydroxylation is 1. The first-order chi connectivity index (χ1) is 24.7. The Morgan fingerprint density at radius 3 is 2.35 bits per heavy atom. The number of hydrogen-bond acceptors (Lipinski definition) is 6. The number of anilines is 1. The van der Waals surface area contributed by atoms with Crippen LogP contribution < -0.4 is 20.1 Å². The number of nitrogens with zero attached hydrogens (tertiary/aromatic N) is 3. The molecule has 0 radical (unpaired) electrons. The summed E-state index contributed by atoms with van der Waals surface area (Å²) < 4.78 is 2.45. The first-order valence-corrected chi connectivity index (χ1v) is 18.5. The molecule has 1 aliphatic carbocycles. The van der Waals surface area contributed by atoms with Gasteiger partial charge in [0.15, 0.2) is 0 Å². The van der Waals surface area contributed by atoms with Crippen LogP contribution in [0.3, 0.4) is 0 Å². The fraction of sp³-hybridized carbons (Fsp3) is 0.419. The maximum atomic E-state index is 12.7. The molecule has 3 heterocycles. The van der Waals surface area contributed by atoms with Gasteiger partial charge in [-0.3, -0.25) is 9.59 Å². The second-order valence-corrected chi connectivity index (χ2v) is 15.8. The molecule has 0 unspecified atom stereocenters. The number of amides is 2. The van der Waals surface area contributed by atoms with Crippen LogP contribution in [0.2, 0.25) is 0 Å². The van der Waals surface area contributed by atoms with Gasteiger partial charge in [0.05, 0.1) is 11.1 Å². The third-order valence-electron chi connectivity index (χ3n) is 11.6. The minimum absolute atomic E-state index is 0.0836. The van der Waals surface area contributed by atoms with E-state index in [1.807, 2.05) is 12.1 Å². The van der Waals surface area contributed by atoms with Crippen LogP contribution in [0, 0.1) is 0 Å². The molecule has 7 rings (SSSR count). The Balaban J connectivity index is 1.29. The summed E-state index contributed by atoms with van der Waals surface area (Å²) in [5.74, 6) is -2.42. The standard InChI is InChI=1S/C43H47N3O6/c1-26-25-42(2,3)44(6)36-24-34-32(22-30(26)36)40(28-14-9-10-15-29(28)41(50)51)31-21-27-13-12-20-45(35(27)23-33(31)43(34,4)5)19-11-7-8-16-39(49)52-46-37(47)17-18-38(46)48/h9-10,14-15,21-25H,7-8,11-13,16-20H2,1-6H3/p+1. The minimum atomic E-state index is -0.943. The van der Waals surface area contributed by atoms with Crippen molar-refractivity contribution in [2.45, 2.75) is 96.9 Å². The minimum Gasteiger partial charge on any atom is -0.478 e. The Morgan fingerprint density at radius 2 is 1.62 bits per heavy atom. The van der Waals surface area contributed by atoms with Crippen LogP contribution in [0.25, 0.3) is 11.1 Å². The number of unbranched alkanes of at least 4 members (excludes halogenated alkanes) is 2. The van der Waals surface area contributed by atoms with Gasteiger partial charge in [-0.2, -0.15) is 0 Å². The highest BCUT2D eigenvalue weighted by atomic mass is 16.7. The second-order valence-electron chi connectivity index (χ2n) is 15.8. The van der Waals surface area contributed by atoms with E-state index in [9.17, 15) is 24.3 Å². The first-order valence-electron chi connectivity index (χ1n) is 18.5. The van der Waals surface area contributed by atoms with Crippen LogP contribution >= 0.6 is 0 Å². The van der Waals surface area contributed by atoms with E-state index in [0.29, 0.717) is 17.0 Å². The quantitative estimate of drug-likeness (QED) is 0.178. The number of carbonyl (C=O) groups excluding carboxylic acids is 3. The molecule has 1 N–H and O–H groups in total. The lowest BCUT2D eigenvalue weighted by atomic mass is 9.67. The van der Waals surface area contributed by atoms with Crippen molar-refractivity contribution < 1.29 is 29.1 Å². The van der Waals surface area contributed by atoms with Crippen LogP contribution in [0.1, 0.15) is 123 Å². The van der Waals surface area contributed by atoms with Gasteiger partial charge >= 0.3 is 11.9 Å². The van der Waals surface area contributed by atoms with E-state index in [2.05, 4.69) is 81.5 Å². The monoisotopic (exact) mass is 702 g/mol. The molecule has 1 saturated heterocycles. The van der Waals surface area contributed by atoms with Crippen LogP contribution in [-0.4, -0.2) is 59.6 Å². The predicted molar refractivity (Wildman–Crippen MR) is 200 cm³/mol. The number of hydrogen-bond donors (Lipinski definition) is 1. The van der Waals surface area contributed by atoms with Crippen molar-refractivity contribution in [3.63, 3.8) is 0 Å². The molecule has 1 fully saturated rings. The van der Waals surface area contributed by atoms with E-state index in [0.717, 1.165) is 60.7 Å². The van der Waals surface area contributed by atoms with E-state index < -0.39 is 23.8 Å². The van der Waals surface area contributed by atoms with Gasteiger partial charge < -0.3 is 14.8 Å². The van der Waals surface area contributed by atoms with Crippen molar-refractivity contribution in [1.82, 2.24) is 9.64 Å². The summed E-state index contributed by atoms with van der Waals surface area (Å²) in [5.41, 5.74) is 9.70. The Hall–Kier alpha value is -5.05. The number of carboxylic acids is 1. The zero-order chi connectivity index (χ0) is 37.1. The zero-order valence-electron chi connectivity index (χ0n) is 31.1. The van der Waals surface area contributed by atoms with E-state index in [4.69, 9.17) is 4.84 Å². The average Bonchev–Trinajstić information content (AvgIpc) is 3.41. The molecule has 0 spiro atoms. The van der Waals surface area contributed by atoms with Gasteiger partial charge in [0.25, 0.3) is 11.8 Å². The molecule has 2 amide bonds. The van der Waals surface area contributed by atoms with E-state index in [-0.39, 0.29) is 30.2 Å². The highest BCUT2D eigenvalue weighted by molar-refractivity contribution is 6.02. The zero-order valence-corrected chi connectivity index (χ0v) is 31.1. The van der Waals surface area contributed by atoms with Crippen LogP contribution in [0.5, 0.6) is 0 Å². The van der Waals surface area contributed by atoms with Crippen molar-refractivity contribution in [1.29, 1.82) is 0 Å². The van der Waals surface area contributed by atoms with Crippen LogP contribution in [-0.2, 0) is 31.1 Å². The fourth-order valence-electron chi connectivity index (χ4n) is 8.61. The smallest absolute Gasteiger partial charge is 0.336 e. The molecular weight excluding hydrogens is 654 g/mol. The van der Waals surface area contributed by atoms with Gasteiger partial charge in [-0.05, 0) is 103 Å². The normalized spacial score (nSPS) is 18.4. The lowest BCUT2D eigenvalue weighted by Crippen LogP contribution is -2.44. The molecule has 3 aromatic rings. The fourth-order valence-corrected chi connectivity index (χ4v) is 8.61. The van der Waals surface area contributed by atoms with E-state index >= 15 is 0 Å². The number of aromatic carboxylic acids is 1. The molecule has 270 valence electrons. The molecule has 4 aliphatic rings. The highest BCUT2D eigenvalue weighted by Gasteiger charge is 2.39.